The maximum absolute atomic E-state index is 5.72. The molecule has 1 rings (SSSR count). The van der Waals surface area contributed by atoms with Crippen molar-refractivity contribution in [1.29, 1.82) is 0 Å². The summed E-state index contributed by atoms with van der Waals surface area (Å²) in [6.45, 7) is 13.2. The van der Waals surface area contributed by atoms with E-state index >= 15 is 0 Å². The van der Waals surface area contributed by atoms with Crippen molar-refractivity contribution in [3.63, 3.8) is 0 Å². The minimum absolute atomic E-state index is 0.741. The molecule has 3 heteroatoms. The Labute approximate surface area is 113 Å². The van der Waals surface area contributed by atoms with Gasteiger partial charge in [-0.05, 0) is 44.7 Å². The van der Waals surface area contributed by atoms with E-state index in [2.05, 4.69) is 31.0 Å². The van der Waals surface area contributed by atoms with Crippen molar-refractivity contribution < 1.29 is 4.74 Å². The van der Waals surface area contributed by atoms with Gasteiger partial charge in [0.25, 0.3) is 0 Å². The van der Waals surface area contributed by atoms with Gasteiger partial charge >= 0.3 is 0 Å². The van der Waals surface area contributed by atoms with E-state index in [1.54, 1.807) is 0 Å². The van der Waals surface area contributed by atoms with Crippen LogP contribution in [0.25, 0.3) is 0 Å². The van der Waals surface area contributed by atoms with Crippen molar-refractivity contribution in [3.8, 4) is 0 Å². The normalized spacial score (nSPS) is 21.0. The number of nitrogens with zero attached hydrogens (tertiary/aromatic N) is 1. The monoisotopic (exact) mass is 256 g/mol. The molecule has 1 saturated heterocycles. The molecule has 1 unspecified atom stereocenters. The second-order valence-corrected chi connectivity index (χ2v) is 5.83. The predicted molar refractivity (Wildman–Crippen MR) is 78.0 cm³/mol. The van der Waals surface area contributed by atoms with Gasteiger partial charge in [-0.2, -0.15) is 0 Å². The molecule has 0 saturated carbocycles. The first-order valence-electron chi connectivity index (χ1n) is 7.76. The summed E-state index contributed by atoms with van der Waals surface area (Å²) in [6.07, 6.45) is 5.11. The number of hydrogen-bond acceptors (Lipinski definition) is 3. The van der Waals surface area contributed by atoms with Crippen molar-refractivity contribution in [2.24, 2.45) is 5.92 Å². The molecule has 0 aliphatic carbocycles. The number of nitrogens with one attached hydrogen (secondary N) is 1. The van der Waals surface area contributed by atoms with E-state index in [0.29, 0.717) is 0 Å². The number of hydrogen-bond donors (Lipinski definition) is 1. The molecule has 18 heavy (non-hydrogen) atoms. The number of rotatable bonds is 10. The highest BCUT2D eigenvalue weighted by atomic mass is 16.5. The van der Waals surface area contributed by atoms with Crippen LogP contribution in [-0.2, 0) is 4.74 Å². The van der Waals surface area contributed by atoms with E-state index in [4.69, 9.17) is 4.74 Å². The standard InChI is InChI=1S/C15H32N2O/c1-4-8-16-13-15-6-5-9-17(15)10-12-18-11-7-14(2)3/h14-16H,4-13H2,1-3H3. The van der Waals surface area contributed by atoms with Crippen LogP contribution in [0.4, 0.5) is 0 Å². The summed E-state index contributed by atoms with van der Waals surface area (Å²) in [5.41, 5.74) is 0. The molecule has 1 N–H and O–H groups in total. The summed E-state index contributed by atoms with van der Waals surface area (Å²) in [4.78, 5) is 2.60. The van der Waals surface area contributed by atoms with E-state index in [0.717, 1.165) is 44.8 Å². The summed E-state index contributed by atoms with van der Waals surface area (Å²) >= 11 is 0. The Kier molecular flexibility index (Phi) is 8.64. The lowest BCUT2D eigenvalue weighted by Gasteiger charge is -2.24. The average Bonchev–Trinajstić information content (AvgIpc) is 2.76. The third-order valence-corrected chi connectivity index (χ3v) is 3.67. The van der Waals surface area contributed by atoms with E-state index in [1.165, 1.54) is 32.2 Å². The first-order valence-corrected chi connectivity index (χ1v) is 7.76. The molecule has 0 aromatic carbocycles. The van der Waals surface area contributed by atoms with Gasteiger partial charge in [0.15, 0.2) is 0 Å². The van der Waals surface area contributed by atoms with Crippen LogP contribution in [0.2, 0.25) is 0 Å². The van der Waals surface area contributed by atoms with Gasteiger partial charge in [0.1, 0.15) is 0 Å². The molecule has 108 valence electrons. The third-order valence-electron chi connectivity index (χ3n) is 3.67. The van der Waals surface area contributed by atoms with Gasteiger partial charge in [0.2, 0.25) is 0 Å². The quantitative estimate of drug-likeness (QED) is 0.608. The molecule has 1 atom stereocenters. The van der Waals surface area contributed by atoms with Crippen LogP contribution >= 0.6 is 0 Å². The second kappa shape index (κ2) is 9.76. The molecular formula is C15H32N2O. The summed E-state index contributed by atoms with van der Waals surface area (Å²) in [5.74, 6) is 0.753. The second-order valence-electron chi connectivity index (χ2n) is 5.83. The Balaban J connectivity index is 2.04. The highest BCUT2D eigenvalue weighted by molar-refractivity contribution is 4.80. The van der Waals surface area contributed by atoms with E-state index in [1.807, 2.05) is 0 Å². The van der Waals surface area contributed by atoms with Gasteiger partial charge in [-0.3, -0.25) is 4.90 Å². The van der Waals surface area contributed by atoms with Gasteiger partial charge in [-0.25, -0.2) is 0 Å². The van der Waals surface area contributed by atoms with E-state index in [9.17, 15) is 0 Å². The molecule has 1 aliphatic heterocycles. The first kappa shape index (κ1) is 15.9. The Morgan fingerprint density at radius 2 is 2.17 bits per heavy atom. The molecule has 0 aromatic heterocycles. The highest BCUT2D eigenvalue weighted by Crippen LogP contribution is 2.15. The van der Waals surface area contributed by atoms with Crippen molar-refractivity contribution >= 4 is 0 Å². The van der Waals surface area contributed by atoms with Crippen molar-refractivity contribution in [1.82, 2.24) is 10.2 Å². The van der Waals surface area contributed by atoms with E-state index in [-0.39, 0.29) is 0 Å². The van der Waals surface area contributed by atoms with Gasteiger partial charge in [-0.15, -0.1) is 0 Å². The van der Waals surface area contributed by atoms with Crippen molar-refractivity contribution in [2.45, 2.75) is 52.5 Å². The number of likely N-dealkylation sites (tertiary alicyclic amines) is 1. The fourth-order valence-corrected chi connectivity index (χ4v) is 2.47. The molecule has 1 fully saturated rings. The SMILES string of the molecule is CCCNCC1CCCN1CCOCCC(C)C. The average molecular weight is 256 g/mol. The molecule has 1 aliphatic rings. The van der Waals surface area contributed by atoms with E-state index < -0.39 is 0 Å². The first-order chi connectivity index (χ1) is 8.74. The van der Waals surface area contributed by atoms with Gasteiger partial charge < -0.3 is 10.1 Å². The fourth-order valence-electron chi connectivity index (χ4n) is 2.47. The summed E-state index contributed by atoms with van der Waals surface area (Å²) in [7, 11) is 0. The van der Waals surface area contributed by atoms with Crippen LogP contribution in [0.1, 0.15) is 46.5 Å². The zero-order valence-electron chi connectivity index (χ0n) is 12.6. The minimum Gasteiger partial charge on any atom is -0.380 e. The molecule has 0 spiro atoms. The van der Waals surface area contributed by atoms with Gasteiger partial charge in [0.05, 0.1) is 6.61 Å². The molecule has 0 aromatic rings. The van der Waals surface area contributed by atoms with Crippen LogP contribution < -0.4 is 5.32 Å². The third kappa shape index (κ3) is 6.72. The van der Waals surface area contributed by atoms with Crippen LogP contribution in [0.3, 0.4) is 0 Å². The predicted octanol–water partition coefficient (Wildman–Crippen LogP) is 2.51. The Morgan fingerprint density at radius 1 is 1.33 bits per heavy atom. The fraction of sp³-hybridized carbons (Fsp3) is 1.00. The van der Waals surface area contributed by atoms with Gasteiger partial charge in [-0.1, -0.05) is 20.8 Å². The van der Waals surface area contributed by atoms with Crippen molar-refractivity contribution in [2.75, 3.05) is 39.4 Å². The zero-order valence-corrected chi connectivity index (χ0v) is 12.6. The van der Waals surface area contributed by atoms with Crippen LogP contribution in [0, 0.1) is 5.92 Å². The maximum Gasteiger partial charge on any atom is 0.0593 e. The minimum atomic E-state index is 0.741. The Bertz CT molecular complexity index is 197. The summed E-state index contributed by atoms with van der Waals surface area (Å²) in [6, 6.07) is 0.741. The van der Waals surface area contributed by atoms with Crippen LogP contribution in [0.5, 0.6) is 0 Å². The number of ether oxygens (including phenoxy) is 1. The molecule has 0 amide bonds. The largest absolute Gasteiger partial charge is 0.380 e. The Hall–Kier alpha value is -0.120. The van der Waals surface area contributed by atoms with Crippen LogP contribution in [-0.4, -0.2) is 50.3 Å². The lowest BCUT2D eigenvalue weighted by molar-refractivity contribution is 0.0921. The maximum atomic E-state index is 5.72. The van der Waals surface area contributed by atoms with Gasteiger partial charge in [0, 0.05) is 25.7 Å². The zero-order chi connectivity index (χ0) is 13.2. The summed E-state index contributed by atoms with van der Waals surface area (Å²) < 4.78 is 5.72. The molecule has 3 nitrogen and oxygen atoms in total. The Morgan fingerprint density at radius 3 is 2.89 bits per heavy atom. The molecule has 0 bridgehead atoms. The van der Waals surface area contributed by atoms with Crippen LogP contribution in [0.15, 0.2) is 0 Å². The van der Waals surface area contributed by atoms with Crippen molar-refractivity contribution in [3.05, 3.63) is 0 Å². The highest BCUT2D eigenvalue weighted by Gasteiger charge is 2.23. The summed E-state index contributed by atoms with van der Waals surface area (Å²) in [5, 5.41) is 3.54. The molecule has 0 radical (unpaired) electrons. The topological polar surface area (TPSA) is 24.5 Å². The smallest absolute Gasteiger partial charge is 0.0593 e. The lowest BCUT2D eigenvalue weighted by Crippen LogP contribution is -2.39. The molecule has 1 heterocycles. The lowest BCUT2D eigenvalue weighted by atomic mass is 10.1. The molecular weight excluding hydrogens is 224 g/mol.